The molecule has 0 bridgehead atoms. The average Bonchev–Trinajstić information content (AvgIpc) is 2.54. The van der Waals surface area contributed by atoms with Crippen molar-refractivity contribution in [2.45, 2.75) is 44.8 Å². The fourth-order valence-corrected chi connectivity index (χ4v) is 3.73. The van der Waals surface area contributed by atoms with Crippen molar-refractivity contribution >= 4 is 38.6 Å². The Morgan fingerprint density at radius 3 is 2.87 bits per heavy atom. The van der Waals surface area contributed by atoms with Gasteiger partial charge in [0, 0.05) is 30.0 Å². The van der Waals surface area contributed by atoms with Gasteiger partial charge < -0.3 is 4.74 Å². The van der Waals surface area contributed by atoms with Crippen LogP contribution in [0.1, 0.15) is 33.1 Å². The number of thioether (sulfide) groups is 1. The summed E-state index contributed by atoms with van der Waals surface area (Å²) < 4.78 is 8.09. The average molecular weight is 399 g/mol. The van der Waals surface area contributed by atoms with Gasteiger partial charge in [-0.1, -0.05) is 41.0 Å². The quantitative estimate of drug-likeness (QED) is 0.354. The van der Waals surface area contributed by atoms with Gasteiger partial charge in [-0.05, 0) is 38.0 Å². The van der Waals surface area contributed by atoms with E-state index in [4.69, 9.17) is 9.72 Å². The lowest BCUT2D eigenvalue weighted by molar-refractivity contribution is 0.140. The minimum atomic E-state index is 0.0341. The van der Waals surface area contributed by atoms with Gasteiger partial charge in [-0.3, -0.25) is 9.36 Å². The Hall–Kier alpha value is -0.850. The van der Waals surface area contributed by atoms with Gasteiger partial charge in [0.05, 0.1) is 10.9 Å². The zero-order chi connectivity index (χ0) is 16.7. The molecule has 0 unspecified atom stereocenters. The van der Waals surface area contributed by atoms with E-state index < -0.39 is 0 Å². The van der Waals surface area contributed by atoms with Crippen molar-refractivity contribution in [3.8, 4) is 0 Å². The molecule has 2 aromatic rings. The Morgan fingerprint density at radius 2 is 2.13 bits per heavy atom. The molecule has 0 radical (unpaired) electrons. The molecular weight excluding hydrogens is 376 g/mol. The number of hydrogen-bond acceptors (Lipinski definition) is 4. The Kier molecular flexibility index (Phi) is 7.59. The molecule has 0 saturated carbocycles. The molecule has 0 saturated heterocycles. The maximum Gasteiger partial charge on any atom is 0.262 e. The molecule has 0 atom stereocenters. The van der Waals surface area contributed by atoms with Crippen molar-refractivity contribution in [3.63, 3.8) is 0 Å². The first kappa shape index (κ1) is 18.5. The van der Waals surface area contributed by atoms with Crippen LogP contribution in [0.2, 0.25) is 0 Å². The first-order chi connectivity index (χ1) is 11.2. The maximum absolute atomic E-state index is 12.8. The predicted molar refractivity (Wildman–Crippen MR) is 100 cm³/mol. The number of ether oxygens (including phenoxy) is 1. The molecule has 0 fully saturated rings. The summed E-state index contributed by atoms with van der Waals surface area (Å²) in [5.41, 5.74) is 0.796. The molecule has 0 aliphatic rings. The van der Waals surface area contributed by atoms with E-state index in [1.165, 1.54) is 0 Å². The Balaban J connectivity index is 2.34. The smallest absolute Gasteiger partial charge is 0.262 e. The van der Waals surface area contributed by atoms with Crippen LogP contribution in [0.5, 0.6) is 0 Å². The molecule has 2 rings (SSSR count). The summed E-state index contributed by atoms with van der Waals surface area (Å²) in [6.07, 6.45) is 3.08. The second-order valence-electron chi connectivity index (χ2n) is 5.27. The summed E-state index contributed by atoms with van der Waals surface area (Å²) in [6, 6.07) is 5.67. The predicted octanol–water partition coefficient (Wildman–Crippen LogP) is 4.48. The number of aromatic nitrogens is 2. The van der Waals surface area contributed by atoms with Gasteiger partial charge in [0.1, 0.15) is 0 Å². The van der Waals surface area contributed by atoms with Crippen LogP contribution in [-0.4, -0.2) is 28.5 Å². The van der Waals surface area contributed by atoms with E-state index in [1.807, 2.05) is 25.1 Å². The number of hydrogen-bond donors (Lipinski definition) is 0. The first-order valence-corrected chi connectivity index (χ1v) is 9.85. The minimum Gasteiger partial charge on any atom is -0.382 e. The van der Waals surface area contributed by atoms with Gasteiger partial charge >= 0.3 is 0 Å². The number of unbranched alkanes of at least 4 members (excludes halogenated alkanes) is 1. The molecular formula is C17H23BrN2O2S. The summed E-state index contributed by atoms with van der Waals surface area (Å²) in [5.74, 6) is 0.983. The topological polar surface area (TPSA) is 44.1 Å². The van der Waals surface area contributed by atoms with Gasteiger partial charge in [0.2, 0.25) is 0 Å². The zero-order valence-corrected chi connectivity index (χ0v) is 16.1. The molecule has 6 heteroatoms. The zero-order valence-electron chi connectivity index (χ0n) is 13.7. The Bertz CT molecular complexity index is 703. The lowest BCUT2D eigenvalue weighted by Crippen LogP contribution is -2.24. The van der Waals surface area contributed by atoms with Crippen molar-refractivity contribution in [2.75, 3.05) is 19.0 Å². The van der Waals surface area contributed by atoms with Crippen molar-refractivity contribution in [1.29, 1.82) is 0 Å². The fraction of sp³-hybridized carbons (Fsp3) is 0.529. The summed E-state index contributed by atoms with van der Waals surface area (Å²) in [6.45, 7) is 6.16. The lowest BCUT2D eigenvalue weighted by Gasteiger charge is -2.13. The highest BCUT2D eigenvalue weighted by atomic mass is 79.9. The van der Waals surface area contributed by atoms with Crippen LogP contribution in [0, 0.1) is 0 Å². The van der Waals surface area contributed by atoms with Crippen molar-refractivity contribution in [1.82, 2.24) is 9.55 Å². The monoisotopic (exact) mass is 398 g/mol. The Labute approximate surface area is 149 Å². The van der Waals surface area contributed by atoms with Crippen LogP contribution in [0.4, 0.5) is 0 Å². The summed E-state index contributed by atoms with van der Waals surface area (Å²) >= 11 is 5.10. The first-order valence-electron chi connectivity index (χ1n) is 8.08. The third-order valence-electron chi connectivity index (χ3n) is 3.48. The Morgan fingerprint density at radius 1 is 1.30 bits per heavy atom. The van der Waals surface area contributed by atoms with Gasteiger partial charge in [-0.2, -0.15) is 0 Å². The molecule has 1 aromatic heterocycles. The van der Waals surface area contributed by atoms with Crippen LogP contribution in [0.15, 0.2) is 32.6 Å². The second-order valence-corrected chi connectivity index (χ2v) is 7.24. The third-order valence-corrected chi connectivity index (χ3v) is 5.04. The van der Waals surface area contributed by atoms with Crippen LogP contribution in [0.25, 0.3) is 10.9 Å². The number of halogens is 1. The molecule has 23 heavy (non-hydrogen) atoms. The van der Waals surface area contributed by atoms with Crippen LogP contribution < -0.4 is 5.56 Å². The van der Waals surface area contributed by atoms with Crippen LogP contribution in [-0.2, 0) is 11.3 Å². The van der Waals surface area contributed by atoms with Crippen molar-refractivity contribution < 1.29 is 4.74 Å². The minimum absolute atomic E-state index is 0.0341. The van der Waals surface area contributed by atoms with Crippen molar-refractivity contribution in [3.05, 3.63) is 33.0 Å². The molecule has 0 spiro atoms. The molecule has 0 aliphatic heterocycles. The van der Waals surface area contributed by atoms with Gasteiger partial charge in [0.15, 0.2) is 5.16 Å². The third kappa shape index (κ3) is 5.06. The van der Waals surface area contributed by atoms with E-state index >= 15 is 0 Å². The lowest BCUT2D eigenvalue weighted by atomic mass is 10.2. The maximum atomic E-state index is 12.8. The molecule has 1 aromatic carbocycles. The van der Waals surface area contributed by atoms with Crippen molar-refractivity contribution in [2.24, 2.45) is 0 Å². The second kappa shape index (κ2) is 9.45. The molecule has 0 amide bonds. The van der Waals surface area contributed by atoms with E-state index in [9.17, 15) is 4.79 Å². The van der Waals surface area contributed by atoms with Crippen LogP contribution >= 0.6 is 27.7 Å². The number of benzene rings is 1. The largest absolute Gasteiger partial charge is 0.382 e. The van der Waals surface area contributed by atoms with Crippen LogP contribution in [0.3, 0.4) is 0 Å². The SMILES string of the molecule is CCCCSc1nc2ccc(Br)cc2c(=O)n1CCCOCC. The molecule has 0 aliphatic carbocycles. The van der Waals surface area contributed by atoms with Gasteiger partial charge in [0.25, 0.3) is 5.56 Å². The summed E-state index contributed by atoms with van der Waals surface area (Å²) in [4.78, 5) is 17.6. The highest BCUT2D eigenvalue weighted by molar-refractivity contribution is 9.10. The summed E-state index contributed by atoms with van der Waals surface area (Å²) in [5, 5.41) is 1.48. The van der Waals surface area contributed by atoms with E-state index in [1.54, 1.807) is 16.3 Å². The number of fused-ring (bicyclic) bond motifs is 1. The highest BCUT2D eigenvalue weighted by Gasteiger charge is 2.11. The van der Waals surface area contributed by atoms with E-state index in [0.29, 0.717) is 25.1 Å². The van der Waals surface area contributed by atoms with Gasteiger partial charge in [-0.15, -0.1) is 0 Å². The van der Waals surface area contributed by atoms with E-state index in [2.05, 4.69) is 22.9 Å². The molecule has 4 nitrogen and oxygen atoms in total. The fourth-order valence-electron chi connectivity index (χ4n) is 2.26. The highest BCUT2D eigenvalue weighted by Crippen LogP contribution is 2.21. The van der Waals surface area contributed by atoms with E-state index in [-0.39, 0.29) is 5.56 Å². The van der Waals surface area contributed by atoms with E-state index in [0.717, 1.165) is 40.2 Å². The van der Waals surface area contributed by atoms with Gasteiger partial charge in [-0.25, -0.2) is 4.98 Å². The normalized spacial score (nSPS) is 11.3. The number of nitrogens with zero attached hydrogens (tertiary/aromatic N) is 2. The molecule has 1 heterocycles. The molecule has 0 N–H and O–H groups in total. The summed E-state index contributed by atoms with van der Waals surface area (Å²) in [7, 11) is 0. The standard InChI is InChI=1S/C17H23BrN2O2S/c1-3-5-11-23-17-19-15-8-7-13(18)12-14(15)16(21)20(17)9-6-10-22-4-2/h7-8,12H,3-6,9-11H2,1-2H3. The molecule has 126 valence electrons. The number of rotatable bonds is 9.